The fourth-order valence-electron chi connectivity index (χ4n) is 4.12. The quantitative estimate of drug-likeness (QED) is 0.364. The lowest BCUT2D eigenvalue weighted by molar-refractivity contribution is -0.384. The van der Waals surface area contributed by atoms with Crippen LogP contribution in [0.1, 0.15) is 23.2 Å². The molecule has 4 rings (SSSR count). The van der Waals surface area contributed by atoms with Crippen LogP contribution in [-0.4, -0.2) is 61.2 Å². The lowest BCUT2D eigenvalue weighted by Crippen LogP contribution is -2.49. The van der Waals surface area contributed by atoms with Crippen LogP contribution in [0.5, 0.6) is 0 Å². The highest BCUT2D eigenvalue weighted by Crippen LogP contribution is 2.34. The van der Waals surface area contributed by atoms with Crippen molar-refractivity contribution in [1.82, 2.24) is 4.90 Å². The van der Waals surface area contributed by atoms with E-state index in [1.807, 2.05) is 0 Å². The number of nitro groups is 1. The summed E-state index contributed by atoms with van der Waals surface area (Å²) in [6.07, 6.45) is 1.74. The van der Waals surface area contributed by atoms with Crippen LogP contribution in [0.15, 0.2) is 24.3 Å². The Morgan fingerprint density at radius 1 is 1.12 bits per heavy atom. The van der Waals surface area contributed by atoms with Gasteiger partial charge in [0.1, 0.15) is 5.69 Å². The first kappa shape index (κ1) is 24.1. The van der Waals surface area contributed by atoms with Gasteiger partial charge in [0.05, 0.1) is 33.4 Å². The van der Waals surface area contributed by atoms with Crippen molar-refractivity contribution in [3.05, 3.63) is 62.4 Å². The summed E-state index contributed by atoms with van der Waals surface area (Å²) in [5.74, 6) is -3.65. The van der Waals surface area contributed by atoms with E-state index in [1.165, 1.54) is 11.0 Å². The maximum Gasteiger partial charge on any atom is 0.295 e. The molecule has 1 amide bonds. The number of anilines is 2. The van der Waals surface area contributed by atoms with Crippen LogP contribution in [-0.2, 0) is 4.74 Å². The maximum atomic E-state index is 14.5. The van der Waals surface area contributed by atoms with E-state index >= 15 is 0 Å². The molecule has 0 radical (unpaired) electrons. The number of hydrogen-bond donors (Lipinski definition) is 1. The molecule has 2 heterocycles. The molecular formula is C22H22ClF3N4O4. The molecule has 2 saturated heterocycles. The van der Waals surface area contributed by atoms with Gasteiger partial charge in [-0.3, -0.25) is 14.9 Å². The van der Waals surface area contributed by atoms with Crippen molar-refractivity contribution in [2.24, 2.45) is 0 Å². The first-order valence-corrected chi connectivity index (χ1v) is 11.1. The van der Waals surface area contributed by atoms with E-state index < -0.39 is 28.3 Å². The highest BCUT2D eigenvalue weighted by molar-refractivity contribution is 6.33. The number of carbonyl (C=O) groups excluding carboxylic acids is 1. The summed E-state index contributed by atoms with van der Waals surface area (Å²) in [5, 5.41) is 14.3. The number of rotatable bonds is 6. The Bertz CT molecular complexity index is 1110. The van der Waals surface area contributed by atoms with Crippen molar-refractivity contribution in [2.45, 2.75) is 18.9 Å². The summed E-state index contributed by atoms with van der Waals surface area (Å²) < 4.78 is 47.0. The first-order chi connectivity index (χ1) is 16.2. The van der Waals surface area contributed by atoms with E-state index in [0.717, 1.165) is 31.0 Å². The molecule has 12 heteroatoms. The summed E-state index contributed by atoms with van der Waals surface area (Å²) in [7, 11) is 0. The zero-order valence-corrected chi connectivity index (χ0v) is 18.8. The monoisotopic (exact) mass is 498 g/mol. The van der Waals surface area contributed by atoms with Crippen LogP contribution in [0, 0.1) is 27.6 Å². The summed E-state index contributed by atoms with van der Waals surface area (Å²) in [4.78, 5) is 26.8. The predicted octanol–water partition coefficient (Wildman–Crippen LogP) is 4.22. The van der Waals surface area contributed by atoms with Crippen LogP contribution in [0.25, 0.3) is 0 Å². The lowest BCUT2D eigenvalue weighted by atomic mass is 10.1. The van der Waals surface area contributed by atoms with E-state index in [0.29, 0.717) is 13.2 Å². The number of piperazine rings is 1. The van der Waals surface area contributed by atoms with Crippen molar-refractivity contribution in [2.75, 3.05) is 49.5 Å². The Hall–Kier alpha value is -3.05. The number of ether oxygens (including phenoxy) is 1. The molecule has 2 fully saturated rings. The average Bonchev–Trinajstić information content (AvgIpc) is 3.34. The van der Waals surface area contributed by atoms with E-state index in [-0.39, 0.29) is 59.9 Å². The van der Waals surface area contributed by atoms with Gasteiger partial charge < -0.3 is 19.9 Å². The number of benzene rings is 2. The normalized spacial score (nSPS) is 18.3. The van der Waals surface area contributed by atoms with Crippen molar-refractivity contribution in [1.29, 1.82) is 0 Å². The second kappa shape index (κ2) is 10.1. The second-order valence-electron chi connectivity index (χ2n) is 8.12. The molecule has 2 aromatic carbocycles. The summed E-state index contributed by atoms with van der Waals surface area (Å²) in [6.45, 7) is 1.77. The van der Waals surface area contributed by atoms with Gasteiger partial charge in [0.2, 0.25) is 0 Å². The van der Waals surface area contributed by atoms with E-state index in [1.54, 1.807) is 4.90 Å². The van der Waals surface area contributed by atoms with Gasteiger partial charge in [-0.2, -0.15) is 0 Å². The van der Waals surface area contributed by atoms with Crippen LogP contribution < -0.4 is 10.2 Å². The minimum absolute atomic E-state index is 0.0456. The van der Waals surface area contributed by atoms with Gasteiger partial charge >= 0.3 is 0 Å². The molecule has 1 unspecified atom stereocenters. The van der Waals surface area contributed by atoms with Crippen molar-refractivity contribution < 1.29 is 27.6 Å². The van der Waals surface area contributed by atoms with E-state index in [9.17, 15) is 28.1 Å². The van der Waals surface area contributed by atoms with E-state index in [4.69, 9.17) is 16.3 Å². The highest BCUT2D eigenvalue weighted by Gasteiger charge is 2.29. The molecule has 182 valence electrons. The number of carbonyl (C=O) groups is 1. The molecule has 0 bridgehead atoms. The van der Waals surface area contributed by atoms with E-state index in [2.05, 4.69) is 5.32 Å². The lowest BCUT2D eigenvalue weighted by Gasteiger charge is -2.36. The van der Waals surface area contributed by atoms with Gasteiger partial charge in [0.25, 0.3) is 11.6 Å². The molecule has 0 spiro atoms. The van der Waals surface area contributed by atoms with Gasteiger partial charge in [-0.1, -0.05) is 11.6 Å². The maximum absolute atomic E-state index is 14.5. The summed E-state index contributed by atoms with van der Waals surface area (Å²) in [5.41, 5.74) is -0.201. The molecule has 1 N–H and O–H groups in total. The summed E-state index contributed by atoms with van der Waals surface area (Å²) >= 11 is 5.91. The van der Waals surface area contributed by atoms with Gasteiger partial charge in [0, 0.05) is 39.3 Å². The fourth-order valence-corrected chi connectivity index (χ4v) is 4.35. The largest absolute Gasteiger partial charge is 0.380 e. The van der Waals surface area contributed by atoms with Crippen LogP contribution in [0.3, 0.4) is 0 Å². The molecule has 2 aromatic rings. The minimum Gasteiger partial charge on any atom is -0.380 e. The third-order valence-corrected chi connectivity index (χ3v) is 6.27. The zero-order valence-electron chi connectivity index (χ0n) is 18.0. The van der Waals surface area contributed by atoms with Crippen molar-refractivity contribution >= 4 is 34.6 Å². The number of nitro benzene ring substituents is 1. The smallest absolute Gasteiger partial charge is 0.295 e. The molecule has 1 atom stereocenters. The molecule has 0 aromatic heterocycles. The number of nitrogens with one attached hydrogen (secondary N) is 1. The Morgan fingerprint density at radius 2 is 1.82 bits per heavy atom. The van der Waals surface area contributed by atoms with Crippen molar-refractivity contribution in [3.8, 4) is 0 Å². The Kier molecular flexibility index (Phi) is 7.13. The standard InChI is InChI=1S/C22H22ClF3N4O4/c23-15-9-17(25)16(24)8-14(15)22(31)29-5-3-28(4-6-29)20-11-19(18(26)10-21(20)30(32)33)27-12-13-2-1-7-34-13/h8-11,13,27H,1-7,12H2. The molecule has 0 saturated carbocycles. The molecular weight excluding hydrogens is 477 g/mol. The minimum atomic E-state index is -1.18. The highest BCUT2D eigenvalue weighted by atomic mass is 35.5. The van der Waals surface area contributed by atoms with Gasteiger partial charge in [-0.15, -0.1) is 0 Å². The Balaban J connectivity index is 1.49. The third-order valence-electron chi connectivity index (χ3n) is 5.95. The van der Waals surface area contributed by atoms with Crippen LogP contribution >= 0.6 is 11.6 Å². The number of amides is 1. The number of halogens is 4. The topological polar surface area (TPSA) is 88.0 Å². The van der Waals surface area contributed by atoms with Crippen LogP contribution in [0.4, 0.5) is 30.2 Å². The fraction of sp³-hybridized carbons (Fsp3) is 0.409. The molecule has 8 nitrogen and oxygen atoms in total. The Morgan fingerprint density at radius 3 is 2.47 bits per heavy atom. The SMILES string of the molecule is O=C(c1cc(F)c(F)cc1Cl)N1CCN(c2cc(NCC3CCCO3)c(F)cc2[N+](=O)[O-])CC1. The zero-order chi connectivity index (χ0) is 24.4. The number of hydrogen-bond acceptors (Lipinski definition) is 6. The molecule has 2 aliphatic heterocycles. The first-order valence-electron chi connectivity index (χ1n) is 10.8. The number of nitrogens with zero attached hydrogens (tertiary/aromatic N) is 3. The van der Waals surface area contributed by atoms with Gasteiger partial charge in [-0.25, -0.2) is 13.2 Å². The third kappa shape index (κ3) is 5.05. The van der Waals surface area contributed by atoms with Crippen LogP contribution in [0.2, 0.25) is 5.02 Å². The molecule has 2 aliphatic rings. The Labute approximate surface area is 198 Å². The van der Waals surface area contributed by atoms with Gasteiger partial charge in [0.15, 0.2) is 17.5 Å². The second-order valence-corrected chi connectivity index (χ2v) is 8.53. The predicted molar refractivity (Wildman–Crippen MR) is 120 cm³/mol. The van der Waals surface area contributed by atoms with Crippen molar-refractivity contribution in [3.63, 3.8) is 0 Å². The molecule has 34 heavy (non-hydrogen) atoms. The molecule has 0 aliphatic carbocycles. The average molecular weight is 499 g/mol. The summed E-state index contributed by atoms with van der Waals surface area (Å²) in [6, 6.07) is 3.77. The van der Waals surface area contributed by atoms with Gasteiger partial charge in [-0.05, 0) is 31.0 Å².